The second kappa shape index (κ2) is 6.95. The molecule has 4 heteroatoms. The number of hydrogen-bond acceptors (Lipinski definition) is 3. The minimum Gasteiger partial charge on any atom is -0.497 e. The third-order valence-electron chi connectivity index (χ3n) is 5.55. The van der Waals surface area contributed by atoms with E-state index in [9.17, 15) is 4.79 Å². The van der Waals surface area contributed by atoms with E-state index in [4.69, 9.17) is 9.15 Å². The van der Waals surface area contributed by atoms with Crippen LogP contribution in [0, 0.1) is 5.92 Å². The zero-order valence-electron chi connectivity index (χ0n) is 14.7. The first kappa shape index (κ1) is 16.2. The Balaban J connectivity index is 1.53. The lowest BCUT2D eigenvalue weighted by molar-refractivity contribution is -0.135. The highest BCUT2D eigenvalue weighted by atomic mass is 16.5. The maximum atomic E-state index is 13.2. The number of benzene rings is 1. The van der Waals surface area contributed by atoms with Crippen LogP contribution in [-0.2, 0) is 4.79 Å². The van der Waals surface area contributed by atoms with Crippen molar-refractivity contribution in [2.75, 3.05) is 13.7 Å². The molecule has 132 valence electrons. The summed E-state index contributed by atoms with van der Waals surface area (Å²) in [5.41, 5.74) is 1.21. The molecule has 4 nitrogen and oxygen atoms in total. The van der Waals surface area contributed by atoms with Gasteiger partial charge in [0, 0.05) is 18.4 Å². The molecule has 4 rings (SSSR count). The van der Waals surface area contributed by atoms with E-state index in [1.165, 1.54) is 18.4 Å². The van der Waals surface area contributed by atoms with Crippen molar-refractivity contribution in [2.24, 2.45) is 5.92 Å². The molecule has 0 spiro atoms. The standard InChI is InChI=1S/C21H25NO3/c1-24-16-10-8-15(9-11-16)19-6-3-2-4-12-22(19)21(23)18-14-17(18)20-7-5-13-25-20/h5,7-11,13,17-19H,2-4,6,12,14H2,1H3. The van der Waals surface area contributed by atoms with E-state index in [-0.39, 0.29) is 17.9 Å². The smallest absolute Gasteiger partial charge is 0.226 e. The molecular weight excluding hydrogens is 314 g/mol. The van der Waals surface area contributed by atoms with Gasteiger partial charge in [-0.1, -0.05) is 25.0 Å². The van der Waals surface area contributed by atoms with Gasteiger partial charge in [-0.2, -0.15) is 0 Å². The van der Waals surface area contributed by atoms with Crippen LogP contribution in [0.15, 0.2) is 47.1 Å². The highest BCUT2D eigenvalue weighted by Crippen LogP contribution is 2.50. The minimum atomic E-state index is 0.0880. The lowest BCUT2D eigenvalue weighted by Crippen LogP contribution is -2.36. The molecule has 2 heterocycles. The Morgan fingerprint density at radius 2 is 2.00 bits per heavy atom. The van der Waals surface area contributed by atoms with Crippen molar-refractivity contribution in [1.82, 2.24) is 4.90 Å². The number of amides is 1. The monoisotopic (exact) mass is 339 g/mol. The maximum Gasteiger partial charge on any atom is 0.226 e. The molecule has 1 amide bonds. The van der Waals surface area contributed by atoms with Crippen molar-refractivity contribution in [3.05, 3.63) is 54.0 Å². The molecule has 0 bridgehead atoms. The molecule has 1 aliphatic carbocycles. The molecule has 3 atom stereocenters. The number of likely N-dealkylation sites (tertiary alicyclic amines) is 1. The van der Waals surface area contributed by atoms with Crippen LogP contribution in [0.1, 0.15) is 55.4 Å². The predicted octanol–water partition coefficient (Wildman–Crippen LogP) is 4.54. The van der Waals surface area contributed by atoms with Crippen molar-refractivity contribution < 1.29 is 13.9 Å². The number of ether oxygens (including phenoxy) is 1. The lowest BCUT2D eigenvalue weighted by atomic mass is 10.00. The molecule has 0 radical (unpaired) electrons. The molecule has 0 N–H and O–H groups in total. The number of methoxy groups -OCH3 is 1. The van der Waals surface area contributed by atoms with Crippen LogP contribution in [0.4, 0.5) is 0 Å². The highest BCUT2D eigenvalue weighted by molar-refractivity contribution is 5.83. The van der Waals surface area contributed by atoms with Gasteiger partial charge in [-0.15, -0.1) is 0 Å². The zero-order valence-corrected chi connectivity index (χ0v) is 14.7. The summed E-state index contributed by atoms with van der Waals surface area (Å²) in [7, 11) is 1.68. The minimum absolute atomic E-state index is 0.0880. The Labute approximate surface area is 148 Å². The quantitative estimate of drug-likeness (QED) is 0.821. The third kappa shape index (κ3) is 3.30. The number of rotatable bonds is 4. The topological polar surface area (TPSA) is 42.7 Å². The summed E-state index contributed by atoms with van der Waals surface area (Å²) in [6, 6.07) is 12.3. The molecule has 1 aromatic heterocycles. The molecule has 3 unspecified atom stereocenters. The highest BCUT2D eigenvalue weighted by Gasteiger charge is 2.48. The van der Waals surface area contributed by atoms with E-state index in [1.807, 2.05) is 24.3 Å². The number of carbonyl (C=O) groups is 1. The SMILES string of the molecule is COc1ccc(C2CCCCCN2C(=O)C2CC2c2ccco2)cc1. The molecule has 1 saturated heterocycles. The van der Waals surface area contributed by atoms with Gasteiger partial charge < -0.3 is 14.1 Å². The average Bonchev–Trinajstić information content (AvgIpc) is 3.34. The molecule has 2 fully saturated rings. The molecule has 1 aromatic carbocycles. The first-order chi connectivity index (χ1) is 12.3. The van der Waals surface area contributed by atoms with Crippen molar-refractivity contribution in [1.29, 1.82) is 0 Å². The second-order valence-electron chi connectivity index (χ2n) is 7.13. The summed E-state index contributed by atoms with van der Waals surface area (Å²) in [6.07, 6.45) is 7.11. The summed E-state index contributed by atoms with van der Waals surface area (Å²) < 4.78 is 10.8. The summed E-state index contributed by atoms with van der Waals surface area (Å²) >= 11 is 0. The maximum absolute atomic E-state index is 13.2. The van der Waals surface area contributed by atoms with Gasteiger partial charge in [-0.3, -0.25) is 4.79 Å². The summed E-state index contributed by atoms with van der Waals surface area (Å²) in [6.45, 7) is 0.858. The fraction of sp³-hybridized carbons (Fsp3) is 0.476. The Hall–Kier alpha value is -2.23. The number of hydrogen-bond donors (Lipinski definition) is 0. The van der Waals surface area contributed by atoms with Crippen LogP contribution in [0.2, 0.25) is 0 Å². The molecule has 2 aromatic rings. The first-order valence-corrected chi connectivity index (χ1v) is 9.26. The van der Waals surface area contributed by atoms with Crippen molar-refractivity contribution in [2.45, 2.75) is 44.1 Å². The largest absolute Gasteiger partial charge is 0.497 e. The second-order valence-corrected chi connectivity index (χ2v) is 7.13. The van der Waals surface area contributed by atoms with Gasteiger partial charge in [0.1, 0.15) is 11.5 Å². The molecule has 25 heavy (non-hydrogen) atoms. The van der Waals surface area contributed by atoms with E-state index in [0.717, 1.165) is 37.3 Å². The fourth-order valence-corrected chi connectivity index (χ4v) is 4.04. The Morgan fingerprint density at radius 1 is 1.16 bits per heavy atom. The van der Waals surface area contributed by atoms with E-state index in [2.05, 4.69) is 17.0 Å². The van der Waals surface area contributed by atoms with Gasteiger partial charge in [0.05, 0.1) is 19.4 Å². The molecule has 1 saturated carbocycles. The van der Waals surface area contributed by atoms with Crippen LogP contribution in [0.5, 0.6) is 5.75 Å². The van der Waals surface area contributed by atoms with Crippen LogP contribution in [0.25, 0.3) is 0 Å². The van der Waals surface area contributed by atoms with Gasteiger partial charge in [0.2, 0.25) is 5.91 Å². The van der Waals surface area contributed by atoms with E-state index in [1.54, 1.807) is 13.4 Å². The molecule has 1 aliphatic heterocycles. The summed E-state index contributed by atoms with van der Waals surface area (Å²) in [4.78, 5) is 15.3. The van der Waals surface area contributed by atoms with Gasteiger partial charge in [-0.25, -0.2) is 0 Å². The van der Waals surface area contributed by atoms with Crippen molar-refractivity contribution in [3.63, 3.8) is 0 Å². The van der Waals surface area contributed by atoms with E-state index in [0.29, 0.717) is 5.91 Å². The Morgan fingerprint density at radius 3 is 2.72 bits per heavy atom. The molecular formula is C21H25NO3. The Kier molecular flexibility index (Phi) is 4.51. The van der Waals surface area contributed by atoms with Crippen LogP contribution >= 0.6 is 0 Å². The lowest BCUT2D eigenvalue weighted by Gasteiger charge is -2.31. The van der Waals surface area contributed by atoms with E-state index >= 15 is 0 Å². The molecule has 2 aliphatic rings. The summed E-state index contributed by atoms with van der Waals surface area (Å²) in [5, 5.41) is 0. The average molecular weight is 339 g/mol. The zero-order chi connectivity index (χ0) is 17.2. The van der Waals surface area contributed by atoms with Gasteiger partial charge >= 0.3 is 0 Å². The normalized spacial score (nSPS) is 26.1. The van der Waals surface area contributed by atoms with Crippen LogP contribution < -0.4 is 4.74 Å². The van der Waals surface area contributed by atoms with Gasteiger partial charge in [0.25, 0.3) is 0 Å². The van der Waals surface area contributed by atoms with Crippen molar-refractivity contribution in [3.8, 4) is 5.75 Å². The number of furan rings is 1. The van der Waals surface area contributed by atoms with Crippen molar-refractivity contribution >= 4 is 5.91 Å². The van der Waals surface area contributed by atoms with Crippen LogP contribution in [-0.4, -0.2) is 24.5 Å². The predicted molar refractivity (Wildman–Crippen MR) is 95.5 cm³/mol. The summed E-state index contributed by atoms with van der Waals surface area (Å²) in [5.74, 6) is 2.46. The van der Waals surface area contributed by atoms with E-state index < -0.39 is 0 Å². The Bertz CT molecular complexity index is 707. The first-order valence-electron chi connectivity index (χ1n) is 9.26. The van der Waals surface area contributed by atoms with Gasteiger partial charge in [0.15, 0.2) is 0 Å². The third-order valence-corrected chi connectivity index (χ3v) is 5.55. The van der Waals surface area contributed by atoms with Crippen LogP contribution in [0.3, 0.4) is 0 Å². The van der Waals surface area contributed by atoms with Gasteiger partial charge in [-0.05, 0) is 49.1 Å². The number of nitrogens with zero attached hydrogens (tertiary/aromatic N) is 1. The fourth-order valence-electron chi connectivity index (χ4n) is 4.04. The number of carbonyl (C=O) groups excluding carboxylic acids is 1.